The van der Waals surface area contributed by atoms with E-state index >= 15 is 0 Å². The molecule has 0 amide bonds. The molecule has 2 aromatic carbocycles. The highest BCUT2D eigenvalue weighted by molar-refractivity contribution is 5.39. The second kappa shape index (κ2) is 8.02. The second-order valence-electron chi connectivity index (χ2n) is 6.25. The van der Waals surface area contributed by atoms with Crippen LogP contribution in [0.4, 0.5) is 0 Å². The molecule has 21 heavy (non-hydrogen) atoms. The Labute approximate surface area is 131 Å². The van der Waals surface area contributed by atoms with Gasteiger partial charge in [0.2, 0.25) is 0 Å². The summed E-state index contributed by atoms with van der Waals surface area (Å²) in [6, 6.07) is 17.9. The van der Waals surface area contributed by atoms with Crippen LogP contribution in [0, 0.1) is 6.92 Å². The summed E-state index contributed by atoms with van der Waals surface area (Å²) in [5.41, 5.74) is 5.54. The Bertz CT molecular complexity index is 515. The Morgan fingerprint density at radius 1 is 0.714 bits per heavy atom. The highest BCUT2D eigenvalue weighted by Crippen LogP contribution is 2.31. The monoisotopic (exact) mass is 282 g/mol. The van der Waals surface area contributed by atoms with Gasteiger partial charge < -0.3 is 0 Å². The van der Waals surface area contributed by atoms with E-state index in [0.29, 0.717) is 0 Å². The molecule has 0 N–H and O–H groups in total. The molecular weight excluding hydrogens is 252 g/mol. The number of benzene rings is 2. The van der Waals surface area contributed by atoms with Crippen molar-refractivity contribution in [1.82, 2.24) is 0 Å². The highest BCUT2D eigenvalue weighted by atomic mass is 14.3. The Morgan fingerprint density at radius 3 is 1.48 bits per heavy atom. The summed E-state index contributed by atoms with van der Waals surface area (Å²) in [6.45, 7) is 13.2. The van der Waals surface area contributed by atoms with Crippen LogP contribution in [0.1, 0.15) is 63.3 Å². The van der Waals surface area contributed by atoms with Gasteiger partial charge in [-0.25, -0.2) is 0 Å². The van der Waals surface area contributed by atoms with Gasteiger partial charge in [-0.3, -0.25) is 0 Å². The molecule has 2 rings (SSSR count). The molecule has 2 aromatic rings. The first-order valence-electron chi connectivity index (χ1n) is 8.12. The normalized spacial score (nSPS) is 10.8. The predicted octanol–water partition coefficient (Wildman–Crippen LogP) is 6.30. The van der Waals surface area contributed by atoms with Gasteiger partial charge in [-0.05, 0) is 30.0 Å². The average Bonchev–Trinajstić information content (AvgIpc) is 2.48. The molecule has 0 atom stereocenters. The summed E-state index contributed by atoms with van der Waals surface area (Å²) in [6.07, 6.45) is 2.35. The maximum atomic E-state index is 2.29. The van der Waals surface area contributed by atoms with E-state index in [9.17, 15) is 0 Å². The highest BCUT2D eigenvalue weighted by Gasteiger charge is 2.22. The minimum Gasteiger partial charge on any atom is -0.0656 e. The topological polar surface area (TPSA) is 0 Å². The van der Waals surface area contributed by atoms with Gasteiger partial charge in [0.05, 0.1) is 0 Å². The summed E-state index contributed by atoms with van der Waals surface area (Å²) in [5.74, 6) is 0. The van der Waals surface area contributed by atoms with Gasteiger partial charge in [-0.1, -0.05) is 95.1 Å². The maximum Gasteiger partial charge on any atom is 0.0146 e. The van der Waals surface area contributed by atoms with Crippen LogP contribution < -0.4 is 0 Å². The summed E-state index contributed by atoms with van der Waals surface area (Å²) >= 11 is 0. The van der Waals surface area contributed by atoms with Crippen LogP contribution in [-0.2, 0) is 11.8 Å². The molecule has 0 aliphatic rings. The van der Waals surface area contributed by atoms with Crippen molar-refractivity contribution in [2.45, 2.75) is 59.8 Å². The zero-order valence-corrected chi connectivity index (χ0v) is 14.5. The molecule has 0 spiro atoms. The summed E-state index contributed by atoms with van der Waals surface area (Å²) in [4.78, 5) is 0. The number of aryl methyl sites for hydroxylation is 2. The minimum absolute atomic E-state index is 0.0694. The van der Waals surface area contributed by atoms with E-state index in [0.717, 1.165) is 6.42 Å². The zero-order valence-electron chi connectivity index (χ0n) is 14.5. The number of hydrogen-bond acceptors (Lipinski definition) is 0. The van der Waals surface area contributed by atoms with Crippen LogP contribution in [0.2, 0.25) is 0 Å². The molecule has 0 aliphatic carbocycles. The lowest BCUT2D eigenvalue weighted by atomic mass is 9.78. The fraction of sp³-hybridized carbons (Fsp3) is 0.429. The molecule has 0 aliphatic heterocycles. The molecule has 0 fully saturated rings. The van der Waals surface area contributed by atoms with E-state index in [2.05, 4.69) is 90.1 Å². The number of hydrogen-bond donors (Lipinski definition) is 0. The molecule has 0 saturated heterocycles. The van der Waals surface area contributed by atoms with Crippen LogP contribution in [0.5, 0.6) is 0 Å². The quantitative estimate of drug-likeness (QED) is 0.619. The largest absolute Gasteiger partial charge is 0.0656 e. The molecule has 0 heterocycles. The molecule has 0 radical (unpaired) electrons. The van der Waals surface area contributed by atoms with E-state index < -0.39 is 0 Å². The predicted molar refractivity (Wildman–Crippen MR) is 95.1 cm³/mol. The lowest BCUT2D eigenvalue weighted by Gasteiger charge is -2.26. The third kappa shape index (κ3) is 4.74. The van der Waals surface area contributed by atoms with Crippen molar-refractivity contribution in [3.05, 3.63) is 70.8 Å². The Kier molecular flexibility index (Phi) is 6.68. The fourth-order valence-electron chi connectivity index (χ4n) is 2.29. The van der Waals surface area contributed by atoms with Gasteiger partial charge in [0, 0.05) is 5.41 Å². The first-order chi connectivity index (χ1) is 9.95. The summed E-state index contributed by atoms with van der Waals surface area (Å²) < 4.78 is 0. The molecule has 0 heteroatoms. The third-order valence-electron chi connectivity index (χ3n) is 3.86. The van der Waals surface area contributed by atoms with Gasteiger partial charge in [0.25, 0.3) is 0 Å². The molecular formula is C21H30. The second-order valence-corrected chi connectivity index (χ2v) is 6.25. The summed E-state index contributed by atoms with van der Waals surface area (Å²) in [7, 11) is 0. The fourth-order valence-corrected chi connectivity index (χ4v) is 2.29. The van der Waals surface area contributed by atoms with Gasteiger partial charge in [0.15, 0.2) is 0 Å². The van der Waals surface area contributed by atoms with Crippen LogP contribution in [0.15, 0.2) is 48.5 Å². The van der Waals surface area contributed by atoms with Gasteiger partial charge >= 0.3 is 0 Å². The molecule has 0 aromatic heterocycles. The number of rotatable bonds is 3. The van der Waals surface area contributed by atoms with Crippen LogP contribution in [0.25, 0.3) is 0 Å². The van der Waals surface area contributed by atoms with E-state index in [-0.39, 0.29) is 5.41 Å². The first-order valence-corrected chi connectivity index (χ1v) is 8.12. The molecule has 0 nitrogen and oxygen atoms in total. The van der Waals surface area contributed by atoms with Gasteiger partial charge in [-0.15, -0.1) is 0 Å². The van der Waals surface area contributed by atoms with E-state index in [1.165, 1.54) is 28.7 Å². The van der Waals surface area contributed by atoms with Crippen molar-refractivity contribution in [3.63, 3.8) is 0 Å². The van der Waals surface area contributed by atoms with Crippen molar-refractivity contribution < 1.29 is 0 Å². The molecule has 0 bridgehead atoms. The Balaban J connectivity index is 0.000000677. The molecule has 114 valence electrons. The Hall–Kier alpha value is -1.56. The van der Waals surface area contributed by atoms with Crippen molar-refractivity contribution in [3.8, 4) is 0 Å². The Morgan fingerprint density at radius 2 is 1.10 bits per heavy atom. The van der Waals surface area contributed by atoms with E-state index in [4.69, 9.17) is 0 Å². The standard InChI is InChI=1S/C18H22.C3H8/c1-5-15-8-12-17(13-9-15)18(3,4)16-10-6-14(2)7-11-16;1-3-2/h6-13H,5H2,1-4H3;3H2,1-2H3. The zero-order chi connectivity index (χ0) is 15.9. The van der Waals surface area contributed by atoms with Gasteiger partial charge in [-0.2, -0.15) is 0 Å². The third-order valence-corrected chi connectivity index (χ3v) is 3.86. The average molecular weight is 282 g/mol. The minimum atomic E-state index is 0.0694. The molecule has 0 saturated carbocycles. The smallest absolute Gasteiger partial charge is 0.0146 e. The lowest BCUT2D eigenvalue weighted by Crippen LogP contribution is -2.18. The van der Waals surface area contributed by atoms with Crippen molar-refractivity contribution >= 4 is 0 Å². The van der Waals surface area contributed by atoms with E-state index in [1.807, 2.05) is 0 Å². The van der Waals surface area contributed by atoms with Crippen molar-refractivity contribution in [2.24, 2.45) is 0 Å². The van der Waals surface area contributed by atoms with Gasteiger partial charge in [0.1, 0.15) is 0 Å². The SMILES string of the molecule is CCC.CCc1ccc(C(C)(C)c2ccc(C)cc2)cc1. The van der Waals surface area contributed by atoms with Crippen LogP contribution in [-0.4, -0.2) is 0 Å². The molecule has 0 unspecified atom stereocenters. The lowest BCUT2D eigenvalue weighted by molar-refractivity contribution is 0.640. The van der Waals surface area contributed by atoms with Crippen molar-refractivity contribution in [2.75, 3.05) is 0 Å². The van der Waals surface area contributed by atoms with E-state index in [1.54, 1.807) is 0 Å². The first kappa shape index (κ1) is 17.5. The van der Waals surface area contributed by atoms with Crippen molar-refractivity contribution in [1.29, 1.82) is 0 Å². The van der Waals surface area contributed by atoms with Crippen LogP contribution >= 0.6 is 0 Å². The van der Waals surface area contributed by atoms with Crippen LogP contribution in [0.3, 0.4) is 0 Å². The maximum absolute atomic E-state index is 2.29. The summed E-state index contributed by atoms with van der Waals surface area (Å²) in [5, 5.41) is 0.